The minimum absolute atomic E-state index is 0.0238. The van der Waals surface area contributed by atoms with Crippen LogP contribution in [0.1, 0.15) is 39.0 Å². The highest BCUT2D eigenvalue weighted by Crippen LogP contribution is 2.25. The molecule has 1 amide bonds. The van der Waals surface area contributed by atoms with Crippen LogP contribution in [0.25, 0.3) is 0 Å². The molecule has 98 valence electrons. The first-order chi connectivity index (χ1) is 8.15. The molecule has 0 aliphatic heterocycles. The third-order valence-electron chi connectivity index (χ3n) is 3.05. The van der Waals surface area contributed by atoms with Gasteiger partial charge in [0.2, 0.25) is 5.91 Å². The molecular formula is C12H21NO3S. The Morgan fingerprint density at radius 2 is 2.18 bits per heavy atom. The topological polar surface area (TPSA) is 66.4 Å². The fraction of sp³-hybridized carbons (Fsp3) is 0.833. The monoisotopic (exact) mass is 259 g/mol. The summed E-state index contributed by atoms with van der Waals surface area (Å²) in [5.41, 5.74) is 0. The van der Waals surface area contributed by atoms with Crippen molar-refractivity contribution in [3.8, 4) is 0 Å². The summed E-state index contributed by atoms with van der Waals surface area (Å²) in [7, 11) is 0. The maximum absolute atomic E-state index is 11.6. The summed E-state index contributed by atoms with van der Waals surface area (Å²) < 4.78 is 0. The molecule has 0 heterocycles. The number of thioether (sulfide) groups is 1. The van der Waals surface area contributed by atoms with E-state index in [0.29, 0.717) is 12.2 Å². The van der Waals surface area contributed by atoms with Crippen molar-refractivity contribution >= 4 is 23.6 Å². The third kappa shape index (κ3) is 4.98. The quantitative estimate of drug-likeness (QED) is 0.685. The van der Waals surface area contributed by atoms with Gasteiger partial charge in [0.25, 0.3) is 0 Å². The van der Waals surface area contributed by atoms with Crippen LogP contribution in [-0.2, 0) is 9.59 Å². The minimum atomic E-state index is -0.786. The summed E-state index contributed by atoms with van der Waals surface area (Å²) in [6.07, 6.45) is 4.63. The molecule has 0 bridgehead atoms. The summed E-state index contributed by atoms with van der Waals surface area (Å²) in [5.74, 6) is 0.245. The minimum Gasteiger partial charge on any atom is -0.481 e. The van der Waals surface area contributed by atoms with Crippen molar-refractivity contribution in [2.24, 2.45) is 5.92 Å². The lowest BCUT2D eigenvalue weighted by molar-refractivity contribution is -0.142. The maximum atomic E-state index is 11.6. The van der Waals surface area contributed by atoms with E-state index in [2.05, 4.69) is 12.2 Å². The first kappa shape index (κ1) is 14.4. The molecule has 4 nitrogen and oxygen atoms in total. The van der Waals surface area contributed by atoms with E-state index in [1.54, 1.807) is 11.8 Å². The molecule has 2 atom stereocenters. The van der Waals surface area contributed by atoms with Crippen LogP contribution in [0.5, 0.6) is 0 Å². The van der Waals surface area contributed by atoms with Crippen molar-refractivity contribution in [1.29, 1.82) is 0 Å². The highest BCUT2D eigenvalue weighted by molar-refractivity contribution is 7.99. The summed E-state index contributed by atoms with van der Waals surface area (Å²) in [4.78, 5) is 22.5. The van der Waals surface area contributed by atoms with Crippen LogP contribution in [0.3, 0.4) is 0 Å². The number of carbonyl (C=O) groups is 2. The number of carbonyl (C=O) groups excluding carboxylic acids is 1. The van der Waals surface area contributed by atoms with Gasteiger partial charge in [0, 0.05) is 6.04 Å². The van der Waals surface area contributed by atoms with Gasteiger partial charge in [-0.25, -0.2) is 0 Å². The number of carboxylic acids is 1. The van der Waals surface area contributed by atoms with Gasteiger partial charge in [-0.3, -0.25) is 9.59 Å². The summed E-state index contributed by atoms with van der Waals surface area (Å²) >= 11 is 1.62. The van der Waals surface area contributed by atoms with Crippen LogP contribution >= 0.6 is 11.8 Å². The highest BCUT2D eigenvalue weighted by atomic mass is 32.2. The van der Waals surface area contributed by atoms with E-state index in [9.17, 15) is 9.59 Å². The molecule has 2 unspecified atom stereocenters. The number of nitrogens with one attached hydrogen (secondary N) is 1. The number of hydrogen-bond acceptors (Lipinski definition) is 3. The van der Waals surface area contributed by atoms with Crippen molar-refractivity contribution in [2.75, 3.05) is 11.5 Å². The molecule has 1 rings (SSSR count). The Morgan fingerprint density at radius 3 is 2.82 bits per heavy atom. The van der Waals surface area contributed by atoms with Gasteiger partial charge >= 0.3 is 5.97 Å². The van der Waals surface area contributed by atoms with Crippen molar-refractivity contribution in [2.45, 2.75) is 45.1 Å². The Kier molecular flexibility index (Phi) is 6.40. The van der Waals surface area contributed by atoms with Crippen molar-refractivity contribution < 1.29 is 14.7 Å². The van der Waals surface area contributed by atoms with Gasteiger partial charge < -0.3 is 10.4 Å². The molecule has 0 saturated heterocycles. The van der Waals surface area contributed by atoms with Crippen LogP contribution < -0.4 is 5.32 Å². The predicted octanol–water partition coefficient (Wildman–Crippen LogP) is 1.89. The van der Waals surface area contributed by atoms with Gasteiger partial charge in [-0.15, -0.1) is 0 Å². The number of amides is 1. The average molecular weight is 259 g/mol. The second kappa shape index (κ2) is 7.58. The van der Waals surface area contributed by atoms with Crippen LogP contribution in [0.4, 0.5) is 0 Å². The van der Waals surface area contributed by atoms with Crippen LogP contribution in [0.15, 0.2) is 0 Å². The molecule has 17 heavy (non-hydrogen) atoms. The molecule has 5 heteroatoms. The summed E-state index contributed by atoms with van der Waals surface area (Å²) in [6.45, 7) is 2.12. The number of hydrogen-bond donors (Lipinski definition) is 2. The van der Waals surface area contributed by atoms with Crippen molar-refractivity contribution in [3.63, 3.8) is 0 Å². The normalized spacial score (nSPS) is 23.6. The van der Waals surface area contributed by atoms with E-state index >= 15 is 0 Å². The highest BCUT2D eigenvalue weighted by Gasteiger charge is 2.33. The average Bonchev–Trinajstić information content (AvgIpc) is 2.72. The molecular weight excluding hydrogens is 238 g/mol. The number of unbranched alkanes of at least 4 members (excludes halogenated alkanes) is 1. The van der Waals surface area contributed by atoms with Crippen LogP contribution in [-0.4, -0.2) is 34.5 Å². The molecule has 0 radical (unpaired) electrons. The Labute approximate surface area is 107 Å². The predicted molar refractivity (Wildman–Crippen MR) is 69.1 cm³/mol. The van der Waals surface area contributed by atoms with Gasteiger partial charge in [0.15, 0.2) is 0 Å². The molecule has 0 aromatic heterocycles. The standard InChI is InChI=1S/C12H21NO3S/c1-2-3-7-17-8-11(14)13-10-6-4-5-9(10)12(15)16/h9-10H,2-8H2,1H3,(H,13,14)(H,15,16). The lowest BCUT2D eigenvalue weighted by Gasteiger charge is -2.17. The summed E-state index contributed by atoms with van der Waals surface area (Å²) in [6, 6.07) is -0.160. The van der Waals surface area contributed by atoms with E-state index < -0.39 is 5.97 Å². The van der Waals surface area contributed by atoms with Gasteiger partial charge in [0.05, 0.1) is 11.7 Å². The molecule has 1 aliphatic carbocycles. The fourth-order valence-corrected chi connectivity index (χ4v) is 2.99. The van der Waals surface area contributed by atoms with E-state index in [1.165, 1.54) is 0 Å². The number of rotatable bonds is 7. The maximum Gasteiger partial charge on any atom is 0.308 e. The largest absolute Gasteiger partial charge is 0.481 e. The van der Waals surface area contributed by atoms with E-state index in [4.69, 9.17) is 5.11 Å². The molecule has 0 spiro atoms. The van der Waals surface area contributed by atoms with Crippen molar-refractivity contribution in [3.05, 3.63) is 0 Å². The van der Waals surface area contributed by atoms with Gasteiger partial charge in [-0.1, -0.05) is 19.8 Å². The Morgan fingerprint density at radius 1 is 1.41 bits per heavy atom. The first-order valence-electron chi connectivity index (χ1n) is 6.25. The van der Waals surface area contributed by atoms with Crippen LogP contribution in [0.2, 0.25) is 0 Å². The number of carboxylic acid groups (broad SMARTS) is 1. The first-order valence-corrected chi connectivity index (χ1v) is 7.40. The Balaban J connectivity index is 2.23. The zero-order valence-electron chi connectivity index (χ0n) is 10.3. The number of aliphatic carboxylic acids is 1. The SMILES string of the molecule is CCCCSCC(=O)NC1CCCC1C(=O)O. The molecule has 1 fully saturated rings. The van der Waals surface area contributed by atoms with Gasteiger partial charge in [0.1, 0.15) is 0 Å². The summed E-state index contributed by atoms with van der Waals surface area (Å²) in [5, 5.41) is 11.8. The molecule has 2 N–H and O–H groups in total. The lowest BCUT2D eigenvalue weighted by atomic mass is 10.0. The van der Waals surface area contributed by atoms with Gasteiger partial charge in [-0.2, -0.15) is 11.8 Å². The molecule has 1 aliphatic rings. The zero-order valence-corrected chi connectivity index (χ0v) is 11.1. The molecule has 0 aromatic rings. The van der Waals surface area contributed by atoms with E-state index in [1.807, 2.05) is 0 Å². The molecule has 0 aromatic carbocycles. The Hall–Kier alpha value is -0.710. The van der Waals surface area contributed by atoms with Crippen LogP contribution in [0, 0.1) is 5.92 Å². The smallest absolute Gasteiger partial charge is 0.308 e. The second-order valence-corrected chi connectivity index (χ2v) is 5.56. The zero-order chi connectivity index (χ0) is 12.7. The van der Waals surface area contributed by atoms with E-state index in [-0.39, 0.29) is 17.9 Å². The van der Waals surface area contributed by atoms with E-state index in [0.717, 1.165) is 31.4 Å². The molecule has 1 saturated carbocycles. The fourth-order valence-electron chi connectivity index (χ4n) is 2.09. The lowest BCUT2D eigenvalue weighted by Crippen LogP contribution is -2.41. The second-order valence-electron chi connectivity index (χ2n) is 4.46. The third-order valence-corrected chi connectivity index (χ3v) is 4.10. The van der Waals surface area contributed by atoms with Gasteiger partial charge in [-0.05, 0) is 25.0 Å². The Bertz CT molecular complexity index is 270. The van der Waals surface area contributed by atoms with Crippen molar-refractivity contribution in [1.82, 2.24) is 5.32 Å².